The summed E-state index contributed by atoms with van der Waals surface area (Å²) in [6.45, 7) is -0.554. The van der Waals surface area contributed by atoms with Gasteiger partial charge in [0, 0.05) is 22.6 Å². The predicted octanol–water partition coefficient (Wildman–Crippen LogP) is 7.32. The molecule has 59 heavy (non-hydrogen) atoms. The molecule has 0 aromatic heterocycles. The van der Waals surface area contributed by atoms with Crippen molar-refractivity contribution in [3.63, 3.8) is 0 Å². The average Bonchev–Trinajstić information content (AvgIpc) is 3.27. The number of carbonyl (C=O) groups excluding carboxylic acids is 5. The van der Waals surface area contributed by atoms with E-state index in [-0.39, 0.29) is 43.3 Å². The van der Waals surface area contributed by atoms with Crippen LogP contribution in [-0.4, -0.2) is 79.2 Å². The van der Waals surface area contributed by atoms with Crippen molar-refractivity contribution in [2.45, 2.75) is 30.7 Å². The monoisotopic (exact) mass is 912 g/mol. The molecule has 0 saturated carbocycles. The Morgan fingerprint density at radius 2 is 0.983 bits per heavy atom. The van der Waals surface area contributed by atoms with Gasteiger partial charge in [-0.2, -0.15) is 0 Å². The Bertz CT molecular complexity index is 2240. The van der Waals surface area contributed by atoms with Crippen LogP contribution in [0.25, 0.3) is 6.08 Å². The van der Waals surface area contributed by atoms with Crippen LogP contribution in [0.2, 0.25) is 0 Å². The summed E-state index contributed by atoms with van der Waals surface area (Å²) in [5.41, 5.74) is 1.14. The maximum atomic E-state index is 13.9. The zero-order chi connectivity index (χ0) is 41.7. The van der Waals surface area contributed by atoms with Gasteiger partial charge >= 0.3 is 23.9 Å². The van der Waals surface area contributed by atoms with Crippen molar-refractivity contribution in [3.8, 4) is 17.2 Å². The summed E-state index contributed by atoms with van der Waals surface area (Å²) in [5.74, 6) is -3.11. The number of allylic oxidation sites excluding steroid dienone is 1. The van der Waals surface area contributed by atoms with E-state index in [0.29, 0.717) is 5.56 Å². The molecular formula is C45H37IO13. The molecule has 13 nitrogen and oxygen atoms in total. The molecule has 0 spiro atoms. The fraction of sp³-hybridized carbons (Fsp3) is 0.178. The fourth-order valence-electron chi connectivity index (χ4n) is 6.01. The smallest absolute Gasteiger partial charge is 0.338 e. The van der Waals surface area contributed by atoms with Crippen molar-refractivity contribution in [1.29, 1.82) is 0 Å². The molecule has 5 aromatic carbocycles. The SMILES string of the molecule is COc1cc(C=CC(=O)I)cc(OC)c1O[C@H]1O[C@H](COC(=O)c2ccccc2)[C@@H](OC(=O)c2ccccc2)[C@H](OC(=O)c2ccccc2)[C@@H]1OC(=O)c1ccccc1. The summed E-state index contributed by atoms with van der Waals surface area (Å²) >= 11 is 1.64. The number of ether oxygens (including phenoxy) is 8. The van der Waals surface area contributed by atoms with Crippen LogP contribution >= 0.6 is 22.6 Å². The van der Waals surface area contributed by atoms with Gasteiger partial charge in [0.2, 0.25) is 21.9 Å². The van der Waals surface area contributed by atoms with Crippen LogP contribution in [0.5, 0.6) is 17.2 Å². The van der Waals surface area contributed by atoms with Crippen molar-refractivity contribution in [3.05, 3.63) is 167 Å². The molecule has 0 N–H and O–H groups in total. The first-order valence-electron chi connectivity index (χ1n) is 18.1. The lowest BCUT2D eigenvalue weighted by atomic mass is 9.97. The van der Waals surface area contributed by atoms with Gasteiger partial charge < -0.3 is 37.9 Å². The molecule has 0 amide bonds. The predicted molar refractivity (Wildman–Crippen MR) is 221 cm³/mol. The number of rotatable bonds is 15. The third-order valence-electron chi connectivity index (χ3n) is 8.86. The first-order chi connectivity index (χ1) is 28.6. The summed E-state index contributed by atoms with van der Waals surface area (Å²) in [6, 6.07) is 35.3. The second-order valence-corrected chi connectivity index (χ2v) is 13.8. The highest BCUT2D eigenvalue weighted by molar-refractivity contribution is 14.1. The molecule has 1 aliphatic heterocycles. The van der Waals surface area contributed by atoms with E-state index in [0.717, 1.165) is 0 Å². The maximum absolute atomic E-state index is 13.9. The molecule has 14 heteroatoms. The topological polar surface area (TPSA) is 159 Å². The minimum Gasteiger partial charge on any atom is -0.493 e. The van der Waals surface area contributed by atoms with E-state index in [9.17, 15) is 24.0 Å². The van der Waals surface area contributed by atoms with Crippen molar-refractivity contribution < 1.29 is 61.9 Å². The van der Waals surface area contributed by atoms with Crippen LogP contribution in [0.3, 0.4) is 0 Å². The highest BCUT2D eigenvalue weighted by Gasteiger charge is 2.54. The molecule has 0 bridgehead atoms. The van der Waals surface area contributed by atoms with Gasteiger partial charge in [-0.05, 0) is 72.3 Å². The Hall–Kier alpha value is -6.52. The Balaban J connectivity index is 1.48. The third kappa shape index (κ3) is 10.9. The molecule has 1 fully saturated rings. The Labute approximate surface area is 352 Å². The van der Waals surface area contributed by atoms with Gasteiger partial charge in [-0.1, -0.05) is 78.9 Å². The van der Waals surface area contributed by atoms with Gasteiger partial charge in [0.25, 0.3) is 0 Å². The first-order valence-corrected chi connectivity index (χ1v) is 19.2. The quantitative estimate of drug-likeness (QED) is 0.0339. The fourth-order valence-corrected chi connectivity index (χ4v) is 6.19. The average molecular weight is 913 g/mol. The number of methoxy groups -OCH3 is 2. The van der Waals surface area contributed by atoms with Gasteiger partial charge in [0.1, 0.15) is 12.7 Å². The number of benzene rings is 5. The van der Waals surface area contributed by atoms with Crippen molar-refractivity contribution in [2.75, 3.05) is 20.8 Å². The minimum atomic E-state index is -1.68. The molecule has 0 aliphatic carbocycles. The van der Waals surface area contributed by atoms with Crippen LogP contribution in [0.1, 0.15) is 47.0 Å². The standard InChI is InChI=1S/C45H37IO13/c1-52-33-25-28(23-24-36(46)47)26-34(53-2)37(33)59-45-40(58-44(51)32-21-13-6-14-22-32)39(57-43(50)31-19-11-5-12-20-31)38(56-42(49)30-17-9-4-10-18-30)35(55-45)27-54-41(48)29-15-7-3-8-16-29/h3-26,35,38-40,45H,27H2,1-2H3/t35-,38-,39+,40+,45-/m1/s1. The number of carbonyl (C=O) groups is 5. The lowest BCUT2D eigenvalue weighted by molar-refractivity contribution is -0.275. The van der Waals surface area contributed by atoms with E-state index in [1.54, 1.807) is 126 Å². The summed E-state index contributed by atoms with van der Waals surface area (Å²) in [5, 5.41) is 0. The van der Waals surface area contributed by atoms with E-state index >= 15 is 0 Å². The second kappa shape index (κ2) is 20.3. The molecule has 5 atom stereocenters. The van der Waals surface area contributed by atoms with Crippen LogP contribution in [0.15, 0.2) is 140 Å². The van der Waals surface area contributed by atoms with Crippen molar-refractivity contribution >= 4 is 56.3 Å². The van der Waals surface area contributed by atoms with Crippen molar-refractivity contribution in [1.82, 2.24) is 0 Å². The van der Waals surface area contributed by atoms with E-state index in [2.05, 4.69) is 0 Å². The van der Waals surface area contributed by atoms with Crippen LogP contribution in [0, 0.1) is 0 Å². The zero-order valence-corrected chi connectivity index (χ0v) is 33.8. The van der Waals surface area contributed by atoms with Crippen LogP contribution in [-0.2, 0) is 28.5 Å². The Morgan fingerprint density at radius 1 is 0.576 bits per heavy atom. The van der Waals surface area contributed by atoms with Gasteiger partial charge in [0.15, 0.2) is 23.7 Å². The highest BCUT2D eigenvalue weighted by atomic mass is 127. The molecule has 302 valence electrons. The summed E-state index contributed by atoms with van der Waals surface area (Å²) in [6.07, 6.45) is -5.09. The molecule has 1 aliphatic rings. The molecule has 0 unspecified atom stereocenters. The van der Waals surface area contributed by atoms with Crippen molar-refractivity contribution in [2.24, 2.45) is 0 Å². The third-order valence-corrected chi connectivity index (χ3v) is 9.22. The van der Waals surface area contributed by atoms with Gasteiger partial charge in [-0.3, -0.25) is 4.79 Å². The van der Waals surface area contributed by atoms with Gasteiger partial charge in [0.05, 0.1) is 36.5 Å². The van der Waals surface area contributed by atoms with E-state index in [1.165, 1.54) is 56.7 Å². The number of hydrogen-bond acceptors (Lipinski definition) is 13. The Kier molecular flexibility index (Phi) is 14.5. The number of halogens is 1. The molecule has 1 saturated heterocycles. The number of esters is 4. The van der Waals surface area contributed by atoms with Crippen LogP contribution in [0.4, 0.5) is 0 Å². The van der Waals surface area contributed by atoms with E-state index in [1.807, 2.05) is 0 Å². The van der Waals surface area contributed by atoms with Crippen LogP contribution < -0.4 is 14.2 Å². The van der Waals surface area contributed by atoms with Gasteiger partial charge in [-0.25, -0.2) is 19.2 Å². The number of hydrogen-bond donors (Lipinski definition) is 0. The molecular weight excluding hydrogens is 875 g/mol. The Morgan fingerprint density at radius 3 is 1.41 bits per heavy atom. The van der Waals surface area contributed by atoms with E-state index < -0.39 is 61.2 Å². The molecule has 1 heterocycles. The van der Waals surface area contributed by atoms with Gasteiger partial charge in [-0.15, -0.1) is 0 Å². The highest BCUT2D eigenvalue weighted by Crippen LogP contribution is 2.42. The largest absolute Gasteiger partial charge is 0.493 e. The molecule has 5 aromatic rings. The van der Waals surface area contributed by atoms with E-state index in [4.69, 9.17) is 37.9 Å². The zero-order valence-electron chi connectivity index (χ0n) is 31.6. The lowest BCUT2D eigenvalue weighted by Gasteiger charge is -2.44. The second-order valence-electron chi connectivity index (χ2n) is 12.7. The minimum absolute atomic E-state index is 0.0355. The summed E-state index contributed by atoms with van der Waals surface area (Å²) in [7, 11) is 2.76. The first kappa shape index (κ1) is 42.1. The summed E-state index contributed by atoms with van der Waals surface area (Å²) < 4.78 is 48.2. The summed E-state index contributed by atoms with van der Waals surface area (Å²) in [4.78, 5) is 66.7. The normalized spacial score (nSPS) is 18.5. The lowest BCUT2D eigenvalue weighted by Crippen LogP contribution is -2.64. The maximum Gasteiger partial charge on any atom is 0.338 e. The molecule has 6 rings (SSSR count). The molecule has 0 radical (unpaired) electrons.